The minimum atomic E-state index is -0.495. The number of hydrogen-bond acceptors (Lipinski definition) is 1. The van der Waals surface area contributed by atoms with E-state index >= 15 is 0 Å². The summed E-state index contributed by atoms with van der Waals surface area (Å²) in [5.41, 5.74) is 0.582. The quantitative estimate of drug-likeness (QED) is 0.809. The van der Waals surface area contributed by atoms with Crippen LogP contribution >= 0.6 is 0 Å². The second-order valence-electron chi connectivity index (χ2n) is 7.68. The molecule has 2 heteroatoms. The number of aliphatic carboxylic acids is 1. The van der Waals surface area contributed by atoms with Crippen molar-refractivity contribution in [3.8, 4) is 0 Å². The zero-order valence-electron chi connectivity index (χ0n) is 11.1. The number of hydrogen-bond donors (Lipinski definition) is 1. The van der Waals surface area contributed by atoms with E-state index in [4.69, 9.17) is 0 Å². The van der Waals surface area contributed by atoms with Crippen molar-refractivity contribution in [1.82, 2.24) is 0 Å². The Hall–Kier alpha value is -0.530. The van der Waals surface area contributed by atoms with Gasteiger partial charge >= 0.3 is 5.97 Å². The van der Waals surface area contributed by atoms with E-state index in [1.54, 1.807) is 0 Å². The van der Waals surface area contributed by atoms with Crippen LogP contribution in [-0.4, -0.2) is 11.1 Å². The maximum Gasteiger partial charge on any atom is 0.307 e. The fraction of sp³-hybridized carbons (Fsp3) is 0.938. The third-order valence-corrected chi connectivity index (χ3v) is 6.83. The smallest absolute Gasteiger partial charge is 0.307 e. The first kappa shape index (κ1) is 11.3. The molecule has 0 amide bonds. The van der Waals surface area contributed by atoms with Gasteiger partial charge in [0.1, 0.15) is 0 Å². The topological polar surface area (TPSA) is 37.3 Å². The molecule has 100 valence electrons. The zero-order chi connectivity index (χ0) is 12.3. The summed E-state index contributed by atoms with van der Waals surface area (Å²) in [6.45, 7) is 0. The molecular weight excluding hydrogens is 224 g/mol. The Balaban J connectivity index is 1.64. The summed E-state index contributed by atoms with van der Waals surface area (Å²) in [5.74, 6) is 2.38. The molecule has 0 aromatic rings. The molecule has 5 saturated carbocycles. The molecule has 5 fully saturated rings. The van der Waals surface area contributed by atoms with Crippen LogP contribution in [0.2, 0.25) is 0 Å². The fourth-order valence-electron chi connectivity index (χ4n) is 6.53. The molecule has 2 unspecified atom stereocenters. The van der Waals surface area contributed by atoms with Crippen molar-refractivity contribution >= 4 is 5.97 Å². The van der Waals surface area contributed by atoms with E-state index in [1.807, 2.05) is 0 Å². The Labute approximate surface area is 109 Å². The second-order valence-corrected chi connectivity index (χ2v) is 7.68. The van der Waals surface area contributed by atoms with Crippen molar-refractivity contribution in [2.45, 2.75) is 57.8 Å². The van der Waals surface area contributed by atoms with Crippen molar-refractivity contribution in [1.29, 1.82) is 0 Å². The van der Waals surface area contributed by atoms with Crippen LogP contribution < -0.4 is 0 Å². The molecule has 0 aliphatic heterocycles. The molecule has 0 radical (unpaired) electrons. The maximum absolute atomic E-state index is 11.5. The van der Waals surface area contributed by atoms with Gasteiger partial charge in [0.15, 0.2) is 0 Å². The summed E-state index contributed by atoms with van der Waals surface area (Å²) in [6, 6.07) is 0. The number of rotatable bonds is 2. The SMILES string of the molecule is O=C(O)C1C2CC3CC1CC(C1CCCC1)(C3)C2. The number of carboxylic acids is 1. The molecule has 5 rings (SSSR count). The van der Waals surface area contributed by atoms with Gasteiger partial charge < -0.3 is 5.11 Å². The minimum absolute atomic E-state index is 0.0103. The molecule has 4 bridgehead atoms. The second kappa shape index (κ2) is 3.74. The maximum atomic E-state index is 11.5. The lowest BCUT2D eigenvalue weighted by molar-refractivity contribution is -0.168. The first-order valence-electron chi connectivity index (χ1n) is 7.91. The van der Waals surface area contributed by atoms with Gasteiger partial charge in [0, 0.05) is 0 Å². The molecule has 5 aliphatic rings. The van der Waals surface area contributed by atoms with E-state index in [9.17, 15) is 9.90 Å². The highest BCUT2D eigenvalue weighted by molar-refractivity contribution is 5.71. The van der Waals surface area contributed by atoms with Gasteiger partial charge in [-0.3, -0.25) is 4.79 Å². The Morgan fingerprint density at radius 1 is 1.00 bits per heavy atom. The van der Waals surface area contributed by atoms with Gasteiger partial charge in [0.2, 0.25) is 0 Å². The molecule has 18 heavy (non-hydrogen) atoms. The van der Waals surface area contributed by atoms with Crippen LogP contribution in [0.3, 0.4) is 0 Å². The van der Waals surface area contributed by atoms with Gasteiger partial charge in [-0.25, -0.2) is 0 Å². The average Bonchev–Trinajstić information content (AvgIpc) is 2.80. The molecule has 0 heterocycles. The lowest BCUT2D eigenvalue weighted by atomic mass is 9.43. The van der Waals surface area contributed by atoms with E-state index < -0.39 is 5.97 Å². The largest absolute Gasteiger partial charge is 0.481 e. The fourth-order valence-corrected chi connectivity index (χ4v) is 6.53. The Morgan fingerprint density at radius 2 is 1.61 bits per heavy atom. The molecular formula is C16H24O2. The average molecular weight is 248 g/mol. The molecule has 5 aliphatic carbocycles. The lowest BCUT2D eigenvalue weighted by Crippen LogP contribution is -2.55. The van der Waals surface area contributed by atoms with E-state index in [1.165, 1.54) is 57.8 Å². The standard InChI is InChI=1S/C16H24O2/c17-15(18)14-11-5-10-6-12(14)9-16(7-10,8-11)13-3-1-2-4-13/h10-14H,1-9H2,(H,17,18). The van der Waals surface area contributed by atoms with E-state index in [0.29, 0.717) is 17.3 Å². The van der Waals surface area contributed by atoms with Gasteiger partial charge in [-0.2, -0.15) is 0 Å². The van der Waals surface area contributed by atoms with Gasteiger partial charge in [-0.05, 0) is 74.0 Å². The van der Waals surface area contributed by atoms with Gasteiger partial charge in [-0.15, -0.1) is 0 Å². The third kappa shape index (κ3) is 1.44. The van der Waals surface area contributed by atoms with Gasteiger partial charge in [0.05, 0.1) is 5.92 Å². The highest BCUT2D eigenvalue weighted by Gasteiger charge is 2.59. The van der Waals surface area contributed by atoms with Crippen molar-refractivity contribution in [3.63, 3.8) is 0 Å². The summed E-state index contributed by atoms with van der Waals surface area (Å²) < 4.78 is 0. The molecule has 1 N–H and O–H groups in total. The highest BCUT2D eigenvalue weighted by atomic mass is 16.4. The summed E-state index contributed by atoms with van der Waals surface area (Å²) in [4.78, 5) is 11.5. The van der Waals surface area contributed by atoms with E-state index in [2.05, 4.69) is 0 Å². The lowest BCUT2D eigenvalue weighted by Gasteiger charge is -2.61. The summed E-state index contributed by atoms with van der Waals surface area (Å²) in [6.07, 6.45) is 12.1. The van der Waals surface area contributed by atoms with E-state index in [-0.39, 0.29) is 5.92 Å². The van der Waals surface area contributed by atoms with E-state index in [0.717, 1.165) is 11.8 Å². The van der Waals surface area contributed by atoms with Crippen molar-refractivity contribution in [3.05, 3.63) is 0 Å². The third-order valence-electron chi connectivity index (χ3n) is 6.83. The number of carbonyl (C=O) groups is 1. The van der Waals surface area contributed by atoms with Crippen molar-refractivity contribution in [2.75, 3.05) is 0 Å². The zero-order valence-corrected chi connectivity index (χ0v) is 11.1. The predicted molar refractivity (Wildman–Crippen MR) is 69.1 cm³/mol. The normalized spacial score (nSPS) is 50.9. The van der Waals surface area contributed by atoms with Crippen molar-refractivity contribution < 1.29 is 9.90 Å². The van der Waals surface area contributed by atoms with Crippen LogP contribution in [0.15, 0.2) is 0 Å². The van der Waals surface area contributed by atoms with Crippen LogP contribution in [0.1, 0.15) is 57.8 Å². The minimum Gasteiger partial charge on any atom is -0.481 e. The predicted octanol–water partition coefficient (Wildman–Crippen LogP) is 3.70. The summed E-state index contributed by atoms with van der Waals surface area (Å²) >= 11 is 0. The highest BCUT2D eigenvalue weighted by Crippen LogP contribution is 2.66. The van der Waals surface area contributed by atoms with Crippen molar-refractivity contribution in [2.24, 2.45) is 35.0 Å². The van der Waals surface area contributed by atoms with Crippen LogP contribution in [0.4, 0.5) is 0 Å². The first-order valence-corrected chi connectivity index (χ1v) is 7.91. The van der Waals surface area contributed by atoms with Crippen LogP contribution in [0.5, 0.6) is 0 Å². The molecule has 0 aromatic heterocycles. The summed E-state index contributed by atoms with van der Waals surface area (Å²) in [7, 11) is 0. The molecule has 0 spiro atoms. The Kier molecular flexibility index (Phi) is 2.35. The van der Waals surface area contributed by atoms with Crippen LogP contribution in [-0.2, 0) is 4.79 Å². The first-order chi connectivity index (χ1) is 8.68. The molecule has 2 atom stereocenters. The van der Waals surface area contributed by atoms with Crippen LogP contribution in [0, 0.1) is 35.0 Å². The molecule has 0 saturated heterocycles. The van der Waals surface area contributed by atoms with Gasteiger partial charge in [-0.1, -0.05) is 12.8 Å². The monoisotopic (exact) mass is 248 g/mol. The Morgan fingerprint density at radius 3 is 2.17 bits per heavy atom. The Bertz CT molecular complexity index is 353. The summed E-state index contributed by atoms with van der Waals surface area (Å²) in [5, 5.41) is 9.49. The van der Waals surface area contributed by atoms with Crippen LogP contribution in [0.25, 0.3) is 0 Å². The number of carboxylic acid groups (broad SMARTS) is 1. The molecule has 0 aromatic carbocycles. The molecule has 2 nitrogen and oxygen atoms in total. The van der Waals surface area contributed by atoms with Gasteiger partial charge in [0.25, 0.3) is 0 Å².